The summed E-state index contributed by atoms with van der Waals surface area (Å²) >= 11 is 5.26. The van der Waals surface area contributed by atoms with Crippen molar-refractivity contribution in [1.82, 2.24) is 0 Å². The van der Waals surface area contributed by atoms with E-state index in [1.807, 2.05) is 0 Å². The molecule has 0 bridgehead atoms. The third-order valence-electron chi connectivity index (χ3n) is 5.75. The van der Waals surface area contributed by atoms with E-state index in [-0.39, 0.29) is 13.2 Å². The van der Waals surface area contributed by atoms with Gasteiger partial charge in [0.25, 0.3) is 0 Å². The van der Waals surface area contributed by atoms with Crippen molar-refractivity contribution in [3.8, 4) is 0 Å². The number of aliphatic hydroxyl groups is 3. The van der Waals surface area contributed by atoms with Gasteiger partial charge in [-0.3, -0.25) is 0 Å². The Morgan fingerprint density at radius 3 is 1.79 bits per heavy atom. The molecule has 3 N–H and O–H groups in total. The van der Waals surface area contributed by atoms with Gasteiger partial charge in [-0.2, -0.15) is 0 Å². The van der Waals surface area contributed by atoms with E-state index >= 15 is 0 Å². The van der Waals surface area contributed by atoms with Crippen molar-refractivity contribution < 1.29 is 24.8 Å². The standard InChI is InChI=1S/C23H44O5S/c1-2-3-4-5-6-7-8-9-10-11-12-13-14-15-16-21(29)28-20(17-24)23-22(26)19(25)18-27-23/h19-20,22-26H,2-18H2,1H3/t19-,20+,22+,23+/m1/s1. The van der Waals surface area contributed by atoms with E-state index in [4.69, 9.17) is 21.7 Å². The molecule has 172 valence electrons. The van der Waals surface area contributed by atoms with Crippen LogP contribution in [0.3, 0.4) is 0 Å². The molecule has 0 unspecified atom stereocenters. The van der Waals surface area contributed by atoms with E-state index < -0.39 is 24.4 Å². The topological polar surface area (TPSA) is 79.2 Å². The normalized spacial score (nSPS) is 22.7. The van der Waals surface area contributed by atoms with Crippen molar-refractivity contribution >= 4 is 17.3 Å². The molecule has 0 aromatic heterocycles. The summed E-state index contributed by atoms with van der Waals surface area (Å²) < 4.78 is 10.9. The van der Waals surface area contributed by atoms with Crippen LogP contribution in [0.5, 0.6) is 0 Å². The zero-order chi connectivity index (χ0) is 21.3. The van der Waals surface area contributed by atoms with Crippen LogP contribution in [0.4, 0.5) is 0 Å². The lowest BCUT2D eigenvalue weighted by atomic mass is 10.0. The second kappa shape index (κ2) is 17.4. The minimum atomic E-state index is -1.05. The fourth-order valence-electron chi connectivity index (χ4n) is 3.85. The van der Waals surface area contributed by atoms with Crippen molar-refractivity contribution in [1.29, 1.82) is 0 Å². The monoisotopic (exact) mass is 432 g/mol. The van der Waals surface area contributed by atoms with Gasteiger partial charge in [-0.05, 0) is 18.6 Å². The van der Waals surface area contributed by atoms with Crippen molar-refractivity contribution in [2.45, 2.75) is 128 Å². The number of thiocarbonyl (C=S) groups is 1. The van der Waals surface area contributed by atoms with Crippen LogP contribution in [0.25, 0.3) is 0 Å². The number of ether oxygens (including phenoxy) is 2. The van der Waals surface area contributed by atoms with Gasteiger partial charge in [0.15, 0.2) is 11.2 Å². The lowest BCUT2D eigenvalue weighted by molar-refractivity contribution is -0.0621. The Bertz CT molecular complexity index is 407. The number of hydrogen-bond donors (Lipinski definition) is 3. The number of aliphatic hydroxyl groups excluding tert-OH is 3. The summed E-state index contributed by atoms with van der Waals surface area (Å²) in [6.45, 7) is 2.02. The number of rotatable bonds is 18. The predicted octanol–water partition coefficient (Wildman–Crippen LogP) is 4.68. The van der Waals surface area contributed by atoms with Gasteiger partial charge in [0.1, 0.15) is 18.3 Å². The molecule has 1 aliphatic heterocycles. The van der Waals surface area contributed by atoms with Gasteiger partial charge < -0.3 is 24.8 Å². The number of hydrogen-bond acceptors (Lipinski definition) is 6. The SMILES string of the molecule is CCCCCCCCCCCCCCCCC(=S)O[C@@H](CO)[C@@H]1OC[C@@H](O)[C@@H]1O. The van der Waals surface area contributed by atoms with Crippen LogP contribution in [0.1, 0.15) is 103 Å². The van der Waals surface area contributed by atoms with Crippen LogP contribution in [0.15, 0.2) is 0 Å². The highest BCUT2D eigenvalue weighted by Gasteiger charge is 2.41. The summed E-state index contributed by atoms with van der Waals surface area (Å²) in [4.78, 5) is 0. The maximum Gasteiger partial charge on any atom is 0.160 e. The minimum absolute atomic E-state index is 0.0530. The summed E-state index contributed by atoms with van der Waals surface area (Å²) in [6.07, 6.45) is 15.6. The molecule has 0 radical (unpaired) electrons. The van der Waals surface area contributed by atoms with Crippen molar-refractivity contribution in [3.63, 3.8) is 0 Å². The molecule has 1 fully saturated rings. The smallest absolute Gasteiger partial charge is 0.160 e. The highest BCUT2D eigenvalue weighted by molar-refractivity contribution is 7.80. The minimum Gasteiger partial charge on any atom is -0.479 e. The number of unbranched alkanes of at least 4 members (excludes halogenated alkanes) is 13. The predicted molar refractivity (Wildman–Crippen MR) is 121 cm³/mol. The molecule has 1 aliphatic rings. The first kappa shape index (κ1) is 26.8. The Hall–Kier alpha value is -0.270. The van der Waals surface area contributed by atoms with Gasteiger partial charge in [-0.15, -0.1) is 0 Å². The van der Waals surface area contributed by atoms with E-state index in [0.29, 0.717) is 11.5 Å². The van der Waals surface area contributed by atoms with E-state index in [1.165, 1.54) is 77.0 Å². The largest absolute Gasteiger partial charge is 0.479 e. The molecule has 29 heavy (non-hydrogen) atoms. The molecule has 0 aliphatic carbocycles. The van der Waals surface area contributed by atoms with Crippen LogP contribution in [-0.2, 0) is 9.47 Å². The lowest BCUT2D eigenvalue weighted by Crippen LogP contribution is -2.42. The fourth-order valence-corrected chi connectivity index (χ4v) is 4.12. The molecule has 0 aromatic rings. The second-order valence-electron chi connectivity index (χ2n) is 8.41. The third-order valence-corrected chi connectivity index (χ3v) is 6.05. The first-order valence-corrected chi connectivity index (χ1v) is 12.3. The zero-order valence-corrected chi connectivity index (χ0v) is 19.2. The van der Waals surface area contributed by atoms with Gasteiger partial charge in [0, 0.05) is 6.42 Å². The molecule has 6 heteroatoms. The van der Waals surface area contributed by atoms with Gasteiger partial charge in [0.2, 0.25) is 0 Å². The molecular formula is C23H44O5S. The maximum absolute atomic E-state index is 9.87. The van der Waals surface area contributed by atoms with E-state index in [1.54, 1.807) is 0 Å². The third kappa shape index (κ3) is 12.2. The van der Waals surface area contributed by atoms with Crippen LogP contribution in [-0.4, -0.2) is 58.0 Å². The average molecular weight is 433 g/mol. The van der Waals surface area contributed by atoms with Gasteiger partial charge in [-0.1, -0.05) is 90.4 Å². The highest BCUT2D eigenvalue weighted by atomic mass is 32.1. The first-order valence-electron chi connectivity index (χ1n) is 11.9. The van der Waals surface area contributed by atoms with Gasteiger partial charge in [0.05, 0.1) is 13.2 Å². The Balaban J connectivity index is 1.92. The lowest BCUT2D eigenvalue weighted by Gasteiger charge is -2.25. The van der Waals surface area contributed by atoms with E-state index in [9.17, 15) is 15.3 Å². The van der Waals surface area contributed by atoms with Crippen molar-refractivity contribution in [2.24, 2.45) is 0 Å². The van der Waals surface area contributed by atoms with Crippen LogP contribution in [0.2, 0.25) is 0 Å². The van der Waals surface area contributed by atoms with Gasteiger partial charge >= 0.3 is 0 Å². The quantitative estimate of drug-likeness (QED) is 0.215. The average Bonchev–Trinajstić information content (AvgIpc) is 3.05. The second-order valence-corrected chi connectivity index (χ2v) is 8.87. The summed E-state index contributed by atoms with van der Waals surface area (Å²) in [5.74, 6) is 0. The fraction of sp³-hybridized carbons (Fsp3) is 0.957. The Labute approximate surface area is 183 Å². The molecule has 4 atom stereocenters. The summed E-state index contributed by atoms with van der Waals surface area (Å²) in [5.41, 5.74) is 0. The van der Waals surface area contributed by atoms with Crippen molar-refractivity contribution in [2.75, 3.05) is 13.2 Å². The van der Waals surface area contributed by atoms with Crippen molar-refractivity contribution in [3.05, 3.63) is 0 Å². The zero-order valence-electron chi connectivity index (χ0n) is 18.4. The van der Waals surface area contributed by atoms with E-state index in [0.717, 1.165) is 12.8 Å². The molecule has 0 amide bonds. The first-order chi connectivity index (χ1) is 14.1. The molecular weight excluding hydrogens is 388 g/mol. The molecule has 5 nitrogen and oxygen atoms in total. The Morgan fingerprint density at radius 2 is 1.38 bits per heavy atom. The summed E-state index contributed by atoms with van der Waals surface area (Å²) in [5, 5.41) is 29.3. The molecule has 1 rings (SSSR count). The van der Waals surface area contributed by atoms with Crippen LogP contribution < -0.4 is 0 Å². The Kier molecular flexibility index (Phi) is 16.1. The highest BCUT2D eigenvalue weighted by Crippen LogP contribution is 2.20. The van der Waals surface area contributed by atoms with Crippen LogP contribution >= 0.6 is 12.2 Å². The van der Waals surface area contributed by atoms with Crippen LogP contribution in [0, 0.1) is 0 Å². The maximum atomic E-state index is 9.87. The molecule has 0 spiro atoms. The summed E-state index contributed by atoms with van der Waals surface area (Å²) in [7, 11) is 0. The molecule has 1 heterocycles. The molecule has 1 saturated heterocycles. The van der Waals surface area contributed by atoms with Gasteiger partial charge in [-0.25, -0.2) is 0 Å². The van der Waals surface area contributed by atoms with E-state index in [2.05, 4.69) is 6.92 Å². The molecule has 0 saturated carbocycles. The Morgan fingerprint density at radius 1 is 0.897 bits per heavy atom. The summed E-state index contributed by atoms with van der Waals surface area (Å²) in [6, 6.07) is 0. The molecule has 0 aromatic carbocycles.